The fraction of sp³-hybridized carbons (Fsp3) is 0.585. The second-order valence-corrected chi connectivity index (χ2v) is 19.6. The number of sulfonamides is 1. The van der Waals surface area contributed by atoms with Crippen molar-refractivity contribution in [3.63, 3.8) is 0 Å². The Kier molecular flexibility index (Phi) is 10.0. The molecule has 3 fully saturated rings. The molecule has 0 spiro atoms. The second-order valence-electron chi connectivity index (χ2n) is 17.5. The van der Waals surface area contributed by atoms with Crippen molar-refractivity contribution >= 4 is 50.3 Å². The topological polar surface area (TPSA) is 166 Å². The Morgan fingerprint density at radius 3 is 2.60 bits per heavy atom. The van der Waals surface area contributed by atoms with Crippen molar-refractivity contribution < 1.29 is 37.1 Å². The third-order valence-electron chi connectivity index (χ3n) is 11.9. The van der Waals surface area contributed by atoms with E-state index in [1.54, 1.807) is 40.3 Å². The van der Waals surface area contributed by atoms with Crippen molar-refractivity contribution in [3.8, 4) is 5.88 Å². The first-order chi connectivity index (χ1) is 25.9. The summed E-state index contributed by atoms with van der Waals surface area (Å²) in [5, 5.41) is 0.728. The monoisotopic (exact) mass is 774 g/mol. The number of nitrogens with one attached hydrogen (secondary N) is 1. The van der Waals surface area contributed by atoms with E-state index in [1.165, 1.54) is 4.90 Å². The van der Waals surface area contributed by atoms with E-state index in [1.807, 2.05) is 53.9 Å². The third-order valence-corrected chi connectivity index (χ3v) is 13.9. The highest BCUT2D eigenvalue weighted by Gasteiger charge is 2.66. The number of rotatable bonds is 7. The van der Waals surface area contributed by atoms with Crippen LogP contribution in [0.1, 0.15) is 92.9 Å². The highest BCUT2D eigenvalue weighted by Crippen LogP contribution is 2.57. The van der Waals surface area contributed by atoms with Crippen LogP contribution < -0.4 is 9.46 Å². The number of carbonyl (C=O) groups is 4. The summed E-state index contributed by atoms with van der Waals surface area (Å²) in [6.07, 6.45) is 10.9. The standard InChI is InChI=1S/C41H51N5O8S/c1-25-11-7-8-12-27-22-41(27,37(50)44-55(51,52)40(6)15-16-40)23-33(47)32-20-28(53-35-29-13-9-10-14-31(29)45-18-17-42-38(45)43-35)24-46(32)36(49)30(26(2)19-25)21-34(48)54-39(3,4)5/h8-10,12-15,17-18,25-28,30,32H,7,11,16,19-24H2,1-6H3/p+1/b12-8-/t25-,26+,27+,28+,30-,32-,40?,41+/m0/s1. The molecule has 2 saturated carbocycles. The van der Waals surface area contributed by atoms with Crippen molar-refractivity contribution in [3.05, 3.63) is 55.2 Å². The number of allylic oxidation sites excluding steroid dienone is 2. The van der Waals surface area contributed by atoms with Gasteiger partial charge in [0.05, 0.1) is 41.2 Å². The number of imidazole rings is 1. The highest BCUT2D eigenvalue weighted by molar-refractivity contribution is 7.91. The first kappa shape index (κ1) is 38.8. The number of amides is 2. The van der Waals surface area contributed by atoms with Gasteiger partial charge in [0.15, 0.2) is 12.2 Å². The average molecular weight is 775 g/mol. The minimum Gasteiger partial charge on any atom is -0.472 e. The largest absolute Gasteiger partial charge is 0.472 e. The molecule has 1 aromatic carbocycles. The maximum Gasteiger partial charge on any atom is 0.307 e. The van der Waals surface area contributed by atoms with Crippen LogP contribution in [0.4, 0.5) is 0 Å². The van der Waals surface area contributed by atoms with Gasteiger partial charge in [0.2, 0.25) is 23.5 Å². The molecular weight excluding hydrogens is 723 g/mol. The van der Waals surface area contributed by atoms with E-state index in [0.717, 1.165) is 17.3 Å². The number of benzene rings is 1. The van der Waals surface area contributed by atoms with Crippen LogP contribution in [0.25, 0.3) is 16.7 Å². The molecule has 0 radical (unpaired) electrons. The first-order valence-corrected chi connectivity index (χ1v) is 20.9. The molecule has 4 heterocycles. The number of carbonyl (C=O) groups excluding carboxylic acids is 4. The van der Waals surface area contributed by atoms with Gasteiger partial charge < -0.3 is 14.4 Å². The van der Waals surface area contributed by atoms with Gasteiger partial charge in [-0.2, -0.15) is 4.98 Å². The van der Waals surface area contributed by atoms with E-state index in [-0.39, 0.29) is 55.3 Å². The van der Waals surface area contributed by atoms with Crippen molar-refractivity contribution in [2.24, 2.45) is 29.1 Å². The van der Waals surface area contributed by atoms with Crippen LogP contribution in [0.5, 0.6) is 5.88 Å². The predicted octanol–water partition coefficient (Wildman–Crippen LogP) is 5.37. The summed E-state index contributed by atoms with van der Waals surface area (Å²) in [4.78, 5) is 67.5. The highest BCUT2D eigenvalue weighted by atomic mass is 32.2. The molecule has 294 valence electrons. The van der Waals surface area contributed by atoms with E-state index < -0.39 is 55.7 Å². The molecule has 4 aliphatic rings. The Morgan fingerprint density at radius 1 is 1.13 bits per heavy atom. The van der Waals surface area contributed by atoms with E-state index in [4.69, 9.17) is 9.47 Å². The molecule has 8 atom stereocenters. The summed E-state index contributed by atoms with van der Waals surface area (Å²) in [5.74, 6) is -2.29. The van der Waals surface area contributed by atoms with Gasteiger partial charge in [-0.05, 0) is 76.3 Å². The van der Waals surface area contributed by atoms with E-state index in [0.29, 0.717) is 37.3 Å². The van der Waals surface area contributed by atoms with Crippen LogP contribution in [0.3, 0.4) is 0 Å². The number of nitrogens with zero attached hydrogens (tertiary/aromatic N) is 4. The summed E-state index contributed by atoms with van der Waals surface area (Å²) in [7, 11) is -4.01. The summed E-state index contributed by atoms with van der Waals surface area (Å²) in [6, 6.07) is 6.61. The molecule has 2 aliphatic heterocycles. The van der Waals surface area contributed by atoms with Gasteiger partial charge in [0.1, 0.15) is 18.1 Å². The molecule has 7 rings (SSSR count). The normalized spacial score (nSPS) is 32.1. The van der Waals surface area contributed by atoms with Crippen molar-refractivity contribution in [2.45, 2.75) is 115 Å². The number of aromatic nitrogens is 3. The molecule has 2 amide bonds. The number of fused-ring (bicyclic) bond motifs is 5. The number of Topliss-reactive ketones (excluding diaryl/α,β-unsaturated/α-hetero) is 1. The fourth-order valence-corrected chi connectivity index (χ4v) is 9.59. The van der Waals surface area contributed by atoms with Crippen LogP contribution in [0, 0.1) is 35.5 Å². The number of ketones is 1. The summed E-state index contributed by atoms with van der Waals surface area (Å²) >= 11 is 0. The summed E-state index contributed by atoms with van der Waals surface area (Å²) < 4.78 is 41.7. The quantitative estimate of drug-likeness (QED) is 0.187. The Bertz CT molecular complexity index is 2150. The minimum absolute atomic E-state index is 0.0447. The van der Waals surface area contributed by atoms with Gasteiger partial charge in [-0.25, -0.2) is 18.1 Å². The van der Waals surface area contributed by atoms with Crippen molar-refractivity contribution in [1.29, 1.82) is 0 Å². The fourth-order valence-electron chi connectivity index (χ4n) is 8.39. The summed E-state index contributed by atoms with van der Waals surface area (Å²) in [5.41, 5.74) is -1.20. The molecule has 0 bridgehead atoms. The zero-order chi connectivity index (χ0) is 39.5. The minimum atomic E-state index is -4.01. The Balaban J connectivity index is 1.24. The molecule has 14 heteroatoms. The zero-order valence-corrected chi connectivity index (χ0v) is 33.3. The Labute approximate surface area is 322 Å². The van der Waals surface area contributed by atoms with Crippen LogP contribution in [0.2, 0.25) is 0 Å². The molecular formula is C41H52N5O8S+. The van der Waals surface area contributed by atoms with Gasteiger partial charge >= 0.3 is 5.97 Å². The molecule has 1 unspecified atom stereocenters. The maximum absolute atomic E-state index is 14.9. The molecule has 2 aliphatic carbocycles. The second kappa shape index (κ2) is 14.2. The molecule has 1 N–H and O–H groups in total. The predicted molar refractivity (Wildman–Crippen MR) is 205 cm³/mol. The smallest absolute Gasteiger partial charge is 0.307 e. The molecule has 1 saturated heterocycles. The lowest BCUT2D eigenvalue weighted by molar-refractivity contribution is -0.160. The lowest BCUT2D eigenvalue weighted by Crippen LogP contribution is -2.48. The maximum atomic E-state index is 14.9. The van der Waals surface area contributed by atoms with E-state index in [2.05, 4.69) is 21.6 Å². The average Bonchev–Trinajstić information content (AvgIpc) is 3.89. The first-order valence-electron chi connectivity index (χ1n) is 19.4. The number of esters is 1. The lowest BCUT2D eigenvalue weighted by atomic mass is 9.82. The number of hydrogen-bond donors (Lipinski definition) is 1. The van der Waals surface area contributed by atoms with Crippen molar-refractivity contribution in [2.75, 3.05) is 6.54 Å². The van der Waals surface area contributed by atoms with Crippen LogP contribution in [0.15, 0.2) is 48.8 Å². The molecule has 13 nitrogen and oxygen atoms in total. The van der Waals surface area contributed by atoms with E-state index >= 15 is 0 Å². The van der Waals surface area contributed by atoms with Gasteiger partial charge in [0.25, 0.3) is 14.8 Å². The van der Waals surface area contributed by atoms with Gasteiger partial charge in [-0.3, -0.25) is 23.6 Å². The van der Waals surface area contributed by atoms with Gasteiger partial charge in [-0.1, -0.05) is 38.1 Å². The Hall–Kier alpha value is -4.46. The van der Waals surface area contributed by atoms with Crippen molar-refractivity contribution in [1.82, 2.24) is 24.0 Å². The number of para-hydroxylation sites is 1. The number of hydrogen-bond acceptors (Lipinski definition) is 10. The molecule has 55 heavy (non-hydrogen) atoms. The molecule has 2 aromatic heterocycles. The number of ether oxygens (including phenoxy) is 2. The summed E-state index contributed by atoms with van der Waals surface area (Å²) in [6.45, 7) is 11.0. The zero-order valence-electron chi connectivity index (χ0n) is 32.5. The van der Waals surface area contributed by atoms with Crippen LogP contribution in [-0.4, -0.2) is 80.3 Å². The van der Waals surface area contributed by atoms with Crippen LogP contribution >= 0.6 is 0 Å². The van der Waals surface area contributed by atoms with Gasteiger partial charge in [0, 0.05) is 32.2 Å². The van der Waals surface area contributed by atoms with E-state index in [9.17, 15) is 27.6 Å². The third kappa shape index (κ3) is 7.84. The lowest BCUT2D eigenvalue weighted by Gasteiger charge is -2.32. The molecule has 3 aromatic rings. The van der Waals surface area contributed by atoms with Gasteiger partial charge in [-0.15, -0.1) is 0 Å². The van der Waals surface area contributed by atoms with Crippen LogP contribution in [-0.2, 0) is 33.9 Å². The Morgan fingerprint density at radius 2 is 1.87 bits per heavy atom. The SMILES string of the molecule is C[C@H]1CC/C=C\[C@@H]2C[C@@]2(C(=O)NS(=O)(=O)C2(C)[CH+]C2)CC(=O)[C@@H]2C[C@@H](Oc3nc4nccn4c4ccccc34)CN2C(=O)[C@@H](CC(=O)OC(C)(C)C)[C@H](C)C1.